The number of rotatable bonds is 5. The maximum atomic E-state index is 13.4. The van der Waals surface area contributed by atoms with E-state index in [0.717, 1.165) is 17.3 Å². The van der Waals surface area contributed by atoms with Crippen molar-refractivity contribution in [2.24, 2.45) is 5.92 Å². The van der Waals surface area contributed by atoms with E-state index in [9.17, 15) is 9.59 Å². The highest BCUT2D eigenvalue weighted by molar-refractivity contribution is 6.01. The molecule has 1 atom stereocenters. The lowest BCUT2D eigenvalue weighted by molar-refractivity contribution is -0.136. The molecule has 8 nitrogen and oxygen atoms in total. The van der Waals surface area contributed by atoms with E-state index in [0.29, 0.717) is 42.6 Å². The Balaban J connectivity index is 1.36. The highest BCUT2D eigenvalue weighted by atomic mass is 16.5. The lowest BCUT2D eigenvalue weighted by atomic mass is 10.0. The third-order valence-corrected chi connectivity index (χ3v) is 6.63. The zero-order chi connectivity index (χ0) is 23.1. The predicted molar refractivity (Wildman–Crippen MR) is 124 cm³/mol. The molecule has 2 aromatic carbocycles. The Kier molecular flexibility index (Phi) is 5.36. The highest BCUT2D eigenvalue weighted by Gasteiger charge is 2.39. The summed E-state index contributed by atoms with van der Waals surface area (Å²) in [6, 6.07) is 11.7. The van der Waals surface area contributed by atoms with Crippen molar-refractivity contribution in [1.29, 1.82) is 0 Å². The van der Waals surface area contributed by atoms with Gasteiger partial charge in [0.2, 0.25) is 17.6 Å². The molecule has 3 heterocycles. The smallest absolute Gasteiger partial charge is 0.228 e. The van der Waals surface area contributed by atoms with Crippen LogP contribution in [-0.2, 0) is 22.6 Å². The molecule has 0 bridgehead atoms. The molecule has 1 saturated heterocycles. The number of nitrogens with zero attached hydrogens (tertiary/aromatic N) is 2. The van der Waals surface area contributed by atoms with Gasteiger partial charge in [0, 0.05) is 66.8 Å². The number of carbonyl (C=O) groups excluding carboxylic acids is 2. The first-order valence-electron chi connectivity index (χ1n) is 11.0. The molecule has 0 saturated carbocycles. The lowest BCUT2D eigenvalue weighted by Gasteiger charge is -2.29. The molecule has 2 amide bonds. The quantitative estimate of drug-likeness (QED) is 0.647. The second-order valence-electron chi connectivity index (χ2n) is 8.43. The number of aromatic amines is 1. The van der Waals surface area contributed by atoms with E-state index in [1.54, 1.807) is 17.0 Å². The van der Waals surface area contributed by atoms with Gasteiger partial charge in [-0.3, -0.25) is 9.59 Å². The number of fused-ring (bicyclic) bond motifs is 3. The van der Waals surface area contributed by atoms with Gasteiger partial charge in [-0.05, 0) is 6.07 Å². The number of ether oxygens (including phenoxy) is 3. The van der Waals surface area contributed by atoms with Crippen LogP contribution in [0.1, 0.15) is 17.7 Å². The number of H-pyrrole nitrogens is 1. The number of aromatic nitrogens is 1. The Morgan fingerprint density at radius 1 is 1.06 bits per heavy atom. The van der Waals surface area contributed by atoms with Gasteiger partial charge >= 0.3 is 0 Å². The van der Waals surface area contributed by atoms with E-state index in [2.05, 4.69) is 17.1 Å². The van der Waals surface area contributed by atoms with Gasteiger partial charge in [0.15, 0.2) is 11.5 Å². The molecule has 3 aromatic rings. The fourth-order valence-electron chi connectivity index (χ4n) is 4.96. The van der Waals surface area contributed by atoms with E-state index in [1.165, 1.54) is 32.6 Å². The second kappa shape index (κ2) is 8.35. The second-order valence-corrected chi connectivity index (χ2v) is 8.43. The summed E-state index contributed by atoms with van der Waals surface area (Å²) in [5, 5.41) is 1.16. The molecule has 1 fully saturated rings. The molecule has 0 aliphatic carbocycles. The van der Waals surface area contributed by atoms with Gasteiger partial charge in [-0.25, -0.2) is 0 Å². The van der Waals surface area contributed by atoms with Gasteiger partial charge in [-0.15, -0.1) is 0 Å². The Morgan fingerprint density at radius 3 is 2.48 bits per heavy atom. The van der Waals surface area contributed by atoms with Crippen molar-refractivity contribution in [3.63, 3.8) is 0 Å². The van der Waals surface area contributed by atoms with Crippen molar-refractivity contribution in [2.45, 2.75) is 19.4 Å². The van der Waals surface area contributed by atoms with Crippen LogP contribution < -0.4 is 19.1 Å². The minimum atomic E-state index is -0.386. The molecular weight excluding hydrogens is 422 g/mol. The summed E-state index contributed by atoms with van der Waals surface area (Å²) in [7, 11) is 4.61. The van der Waals surface area contributed by atoms with Gasteiger partial charge < -0.3 is 29.0 Å². The molecule has 5 rings (SSSR count). The highest BCUT2D eigenvalue weighted by Crippen LogP contribution is 2.42. The number of hydrogen-bond donors (Lipinski definition) is 1. The van der Waals surface area contributed by atoms with Crippen molar-refractivity contribution >= 4 is 28.4 Å². The fraction of sp³-hybridized carbons (Fsp3) is 0.360. The van der Waals surface area contributed by atoms with Crippen LogP contribution in [0, 0.1) is 5.92 Å². The zero-order valence-corrected chi connectivity index (χ0v) is 19.0. The van der Waals surface area contributed by atoms with Crippen LogP contribution in [0.3, 0.4) is 0 Å². The minimum Gasteiger partial charge on any atom is -0.493 e. The maximum Gasteiger partial charge on any atom is 0.228 e. The summed E-state index contributed by atoms with van der Waals surface area (Å²) in [4.78, 5) is 33.3. The topological polar surface area (TPSA) is 84.1 Å². The average molecular weight is 450 g/mol. The molecule has 33 heavy (non-hydrogen) atoms. The molecule has 8 heteroatoms. The van der Waals surface area contributed by atoms with Crippen molar-refractivity contribution in [3.05, 3.63) is 47.7 Å². The Bertz CT molecular complexity index is 1210. The first-order chi connectivity index (χ1) is 16.0. The summed E-state index contributed by atoms with van der Waals surface area (Å²) in [6.45, 7) is 1.54. The van der Waals surface area contributed by atoms with Gasteiger partial charge in [0.05, 0.1) is 32.9 Å². The molecule has 0 spiro atoms. The average Bonchev–Trinajstić information content (AvgIpc) is 3.42. The standard InChI is InChI=1S/C25H27N3O5/c1-31-21-11-16(12-22(32-2)24(21)33-3)28-13-15(10-23(28)29)25(30)27-9-8-20-18(14-27)17-6-4-5-7-19(17)26-20/h4-7,11-12,15,26H,8-10,13-14H2,1-3H3. The Labute approximate surface area is 192 Å². The summed E-state index contributed by atoms with van der Waals surface area (Å²) in [5.41, 5.74) is 4.10. The van der Waals surface area contributed by atoms with Gasteiger partial charge in [0.25, 0.3) is 0 Å². The minimum absolute atomic E-state index is 0.0224. The third-order valence-electron chi connectivity index (χ3n) is 6.63. The summed E-state index contributed by atoms with van der Waals surface area (Å²) >= 11 is 0. The molecule has 2 aliphatic heterocycles. The van der Waals surface area contributed by atoms with Crippen LogP contribution in [0.5, 0.6) is 17.2 Å². The van der Waals surface area contributed by atoms with Gasteiger partial charge in [-0.2, -0.15) is 0 Å². The largest absolute Gasteiger partial charge is 0.493 e. The molecule has 1 unspecified atom stereocenters. The number of para-hydroxylation sites is 1. The van der Waals surface area contributed by atoms with Crippen LogP contribution in [0.15, 0.2) is 36.4 Å². The third kappa shape index (κ3) is 3.55. The molecule has 1 N–H and O–H groups in total. The molecular formula is C25H27N3O5. The first-order valence-corrected chi connectivity index (χ1v) is 11.0. The van der Waals surface area contributed by atoms with E-state index < -0.39 is 0 Å². The summed E-state index contributed by atoms with van der Waals surface area (Å²) in [5.74, 6) is 0.950. The molecule has 172 valence electrons. The number of benzene rings is 2. The van der Waals surface area contributed by atoms with Crippen LogP contribution in [0.4, 0.5) is 5.69 Å². The fourth-order valence-corrected chi connectivity index (χ4v) is 4.96. The predicted octanol–water partition coefficient (Wildman–Crippen LogP) is 3.13. The maximum absolute atomic E-state index is 13.4. The van der Waals surface area contributed by atoms with E-state index in [1.807, 2.05) is 17.0 Å². The number of nitrogens with one attached hydrogen (secondary N) is 1. The van der Waals surface area contributed by atoms with Crippen LogP contribution in [0.25, 0.3) is 10.9 Å². The number of methoxy groups -OCH3 is 3. The van der Waals surface area contributed by atoms with E-state index in [-0.39, 0.29) is 24.2 Å². The SMILES string of the molecule is COc1cc(N2CC(C(=O)N3CCc4[nH]c5ccccc5c4C3)CC2=O)cc(OC)c1OC. The van der Waals surface area contributed by atoms with Crippen LogP contribution in [-0.4, -0.2) is 56.1 Å². The molecule has 2 aliphatic rings. The monoisotopic (exact) mass is 449 g/mol. The lowest BCUT2D eigenvalue weighted by Crippen LogP contribution is -2.40. The number of hydrogen-bond acceptors (Lipinski definition) is 5. The van der Waals surface area contributed by atoms with E-state index in [4.69, 9.17) is 14.2 Å². The zero-order valence-electron chi connectivity index (χ0n) is 19.0. The Morgan fingerprint density at radius 2 is 1.79 bits per heavy atom. The van der Waals surface area contributed by atoms with Crippen LogP contribution >= 0.6 is 0 Å². The van der Waals surface area contributed by atoms with Gasteiger partial charge in [0.1, 0.15) is 0 Å². The van der Waals surface area contributed by atoms with E-state index >= 15 is 0 Å². The number of carbonyl (C=O) groups is 2. The van der Waals surface area contributed by atoms with Crippen LogP contribution in [0.2, 0.25) is 0 Å². The Hall–Kier alpha value is -3.68. The van der Waals surface area contributed by atoms with Crippen molar-refractivity contribution in [1.82, 2.24) is 9.88 Å². The van der Waals surface area contributed by atoms with Crippen molar-refractivity contribution < 1.29 is 23.8 Å². The normalized spacial score (nSPS) is 17.9. The van der Waals surface area contributed by atoms with Crippen molar-refractivity contribution in [2.75, 3.05) is 39.3 Å². The molecule has 0 radical (unpaired) electrons. The number of amides is 2. The first kappa shape index (κ1) is 21.2. The number of anilines is 1. The summed E-state index contributed by atoms with van der Waals surface area (Å²) in [6.07, 6.45) is 0.972. The van der Waals surface area contributed by atoms with Crippen molar-refractivity contribution in [3.8, 4) is 17.2 Å². The van der Waals surface area contributed by atoms with Gasteiger partial charge in [-0.1, -0.05) is 18.2 Å². The summed E-state index contributed by atoms with van der Waals surface area (Å²) < 4.78 is 16.2. The molecule has 1 aromatic heterocycles.